The van der Waals surface area contributed by atoms with Crippen molar-refractivity contribution >= 4 is 23.2 Å². The highest BCUT2D eigenvalue weighted by atomic mass is 32.1. The number of thiophene rings is 1. The van der Waals surface area contributed by atoms with Crippen molar-refractivity contribution in [2.24, 2.45) is 0 Å². The first kappa shape index (κ1) is 18.5. The van der Waals surface area contributed by atoms with Crippen molar-refractivity contribution in [3.8, 4) is 5.75 Å². The molecule has 0 atom stereocenters. The molecule has 1 fully saturated rings. The zero-order valence-corrected chi connectivity index (χ0v) is 16.3. The minimum absolute atomic E-state index is 0.0234. The zero-order valence-electron chi connectivity index (χ0n) is 15.4. The molecule has 0 aliphatic carbocycles. The van der Waals surface area contributed by atoms with Gasteiger partial charge in [-0.15, -0.1) is 11.3 Å². The Hall–Kier alpha value is -2.34. The fourth-order valence-corrected chi connectivity index (χ4v) is 4.09. The van der Waals surface area contributed by atoms with E-state index in [1.807, 2.05) is 53.3 Å². The summed E-state index contributed by atoms with van der Waals surface area (Å²) in [6.07, 6.45) is 0.774. The van der Waals surface area contributed by atoms with E-state index in [0.29, 0.717) is 37.5 Å². The maximum atomic E-state index is 13.1. The molecule has 3 rings (SSSR count). The topological polar surface area (TPSA) is 49.9 Å². The molecule has 0 N–H and O–H groups in total. The van der Waals surface area contributed by atoms with E-state index < -0.39 is 0 Å². The highest BCUT2D eigenvalue weighted by Gasteiger charge is 2.26. The normalized spacial score (nSPS) is 14.9. The van der Waals surface area contributed by atoms with Gasteiger partial charge in [-0.25, -0.2) is 0 Å². The van der Waals surface area contributed by atoms with Crippen LogP contribution in [0.1, 0.15) is 37.6 Å². The van der Waals surface area contributed by atoms with Crippen LogP contribution in [0.4, 0.5) is 0 Å². The monoisotopic (exact) mass is 372 g/mol. The third-order valence-electron chi connectivity index (χ3n) is 4.68. The highest BCUT2D eigenvalue weighted by Crippen LogP contribution is 2.26. The molecule has 1 saturated heterocycles. The molecular formula is C20H24N2O3S. The Kier molecular flexibility index (Phi) is 5.61. The van der Waals surface area contributed by atoms with E-state index in [1.54, 1.807) is 7.11 Å². The number of carbonyl (C=O) groups excluding carboxylic acids is 2. The number of aryl methyl sites for hydroxylation is 2. The molecule has 1 aromatic heterocycles. The van der Waals surface area contributed by atoms with E-state index in [4.69, 9.17) is 4.74 Å². The van der Waals surface area contributed by atoms with E-state index >= 15 is 0 Å². The van der Waals surface area contributed by atoms with E-state index in [9.17, 15) is 9.59 Å². The Bertz CT molecular complexity index is 802. The van der Waals surface area contributed by atoms with Gasteiger partial charge in [0.1, 0.15) is 5.75 Å². The lowest BCUT2D eigenvalue weighted by molar-refractivity contribution is 0.0718. The Labute approximate surface area is 158 Å². The number of benzene rings is 1. The van der Waals surface area contributed by atoms with Crippen LogP contribution in [0.2, 0.25) is 0 Å². The Morgan fingerprint density at radius 1 is 1.04 bits per heavy atom. The molecule has 2 heterocycles. The van der Waals surface area contributed by atoms with Crippen LogP contribution >= 0.6 is 11.3 Å². The minimum atomic E-state index is -0.0234. The minimum Gasteiger partial charge on any atom is -0.496 e. The Morgan fingerprint density at radius 2 is 1.73 bits per heavy atom. The molecular weight excluding hydrogens is 348 g/mol. The molecule has 2 amide bonds. The van der Waals surface area contributed by atoms with Crippen molar-refractivity contribution in [2.75, 3.05) is 33.3 Å². The van der Waals surface area contributed by atoms with E-state index in [-0.39, 0.29) is 11.8 Å². The number of hydrogen-bond acceptors (Lipinski definition) is 4. The number of nitrogens with zero attached hydrogens (tertiary/aromatic N) is 2. The van der Waals surface area contributed by atoms with Crippen LogP contribution in [-0.2, 0) is 0 Å². The van der Waals surface area contributed by atoms with Crippen LogP contribution in [-0.4, -0.2) is 54.9 Å². The number of carbonyl (C=O) groups is 2. The van der Waals surface area contributed by atoms with Gasteiger partial charge >= 0.3 is 0 Å². The fourth-order valence-electron chi connectivity index (χ4n) is 3.40. The number of methoxy groups -OCH3 is 1. The Balaban J connectivity index is 1.75. The fraction of sp³-hybridized carbons (Fsp3) is 0.400. The number of hydrogen-bond donors (Lipinski definition) is 0. The summed E-state index contributed by atoms with van der Waals surface area (Å²) < 4.78 is 5.45. The lowest BCUT2D eigenvalue weighted by atomic mass is 10.0. The van der Waals surface area contributed by atoms with Gasteiger partial charge in [0.2, 0.25) is 0 Å². The molecule has 1 aromatic carbocycles. The predicted molar refractivity (Wildman–Crippen MR) is 103 cm³/mol. The average Bonchev–Trinajstić information content (AvgIpc) is 3.04. The lowest BCUT2D eigenvalue weighted by Crippen LogP contribution is -2.37. The van der Waals surface area contributed by atoms with Crippen LogP contribution in [0.15, 0.2) is 29.6 Å². The summed E-state index contributed by atoms with van der Waals surface area (Å²) in [5.41, 5.74) is 2.61. The molecule has 5 nitrogen and oxygen atoms in total. The summed E-state index contributed by atoms with van der Waals surface area (Å²) in [6, 6.07) is 7.63. The van der Waals surface area contributed by atoms with Crippen LogP contribution < -0.4 is 4.74 Å². The second-order valence-corrected chi connectivity index (χ2v) is 7.52. The number of amides is 2. The Morgan fingerprint density at radius 3 is 2.35 bits per heavy atom. The molecule has 2 aromatic rings. The molecule has 26 heavy (non-hydrogen) atoms. The third kappa shape index (κ3) is 3.75. The number of ether oxygens (including phenoxy) is 1. The zero-order chi connectivity index (χ0) is 18.7. The van der Waals surface area contributed by atoms with Crippen LogP contribution in [0.3, 0.4) is 0 Å². The molecule has 0 bridgehead atoms. The average molecular weight is 372 g/mol. The third-order valence-corrected chi connectivity index (χ3v) is 5.54. The van der Waals surface area contributed by atoms with Crippen molar-refractivity contribution in [3.05, 3.63) is 51.2 Å². The largest absolute Gasteiger partial charge is 0.496 e. The summed E-state index contributed by atoms with van der Waals surface area (Å²) in [5.74, 6) is 0.645. The second kappa shape index (κ2) is 7.91. The van der Waals surface area contributed by atoms with Crippen molar-refractivity contribution in [3.63, 3.8) is 0 Å². The standard InChI is InChI=1S/C20H24N2O3S/c1-14-12-15(2)18(16(13-14)25-3)20(24)22-8-5-7-21(9-10-22)19(23)17-6-4-11-26-17/h4,6,11-13H,5,7-10H2,1-3H3. The SMILES string of the molecule is COc1cc(C)cc(C)c1C(=O)N1CCCN(C(=O)c2cccs2)CC1. The van der Waals surface area contributed by atoms with E-state index in [2.05, 4.69) is 0 Å². The van der Waals surface area contributed by atoms with Crippen LogP contribution in [0.5, 0.6) is 5.75 Å². The van der Waals surface area contributed by atoms with E-state index in [1.165, 1.54) is 11.3 Å². The van der Waals surface area contributed by atoms with E-state index in [0.717, 1.165) is 22.4 Å². The molecule has 0 radical (unpaired) electrons. The molecule has 0 spiro atoms. The summed E-state index contributed by atoms with van der Waals surface area (Å²) in [5, 5.41) is 1.91. The second-order valence-electron chi connectivity index (χ2n) is 6.57. The van der Waals surface area contributed by atoms with Crippen molar-refractivity contribution < 1.29 is 14.3 Å². The quantitative estimate of drug-likeness (QED) is 0.830. The molecule has 1 aliphatic rings. The van der Waals surface area contributed by atoms with Gasteiger partial charge in [-0.3, -0.25) is 9.59 Å². The maximum Gasteiger partial charge on any atom is 0.263 e. The van der Waals surface area contributed by atoms with Crippen LogP contribution in [0, 0.1) is 13.8 Å². The highest BCUT2D eigenvalue weighted by molar-refractivity contribution is 7.12. The summed E-state index contributed by atoms with van der Waals surface area (Å²) in [4.78, 5) is 30.1. The molecule has 6 heteroatoms. The van der Waals surface area contributed by atoms with Gasteiger partial charge < -0.3 is 14.5 Å². The van der Waals surface area contributed by atoms with Gasteiger partial charge in [-0.1, -0.05) is 12.1 Å². The van der Waals surface area contributed by atoms with Gasteiger partial charge in [0.25, 0.3) is 11.8 Å². The summed E-state index contributed by atoms with van der Waals surface area (Å²) in [7, 11) is 1.59. The number of rotatable bonds is 3. The van der Waals surface area contributed by atoms with Crippen molar-refractivity contribution in [1.82, 2.24) is 9.80 Å². The first-order valence-corrected chi connectivity index (χ1v) is 9.66. The molecule has 0 unspecified atom stereocenters. The lowest BCUT2D eigenvalue weighted by Gasteiger charge is -2.23. The van der Waals surface area contributed by atoms with Gasteiger partial charge in [0.05, 0.1) is 17.6 Å². The molecule has 0 saturated carbocycles. The van der Waals surface area contributed by atoms with Crippen molar-refractivity contribution in [2.45, 2.75) is 20.3 Å². The maximum absolute atomic E-state index is 13.1. The van der Waals surface area contributed by atoms with Gasteiger partial charge in [0, 0.05) is 26.2 Å². The first-order valence-electron chi connectivity index (χ1n) is 8.78. The first-order chi connectivity index (χ1) is 12.5. The predicted octanol–water partition coefficient (Wildman–Crippen LogP) is 3.36. The molecule has 1 aliphatic heterocycles. The van der Waals surface area contributed by atoms with Gasteiger partial charge in [0.15, 0.2) is 0 Å². The summed E-state index contributed by atoms with van der Waals surface area (Å²) in [6.45, 7) is 6.33. The van der Waals surface area contributed by atoms with Crippen LogP contribution in [0.25, 0.3) is 0 Å². The van der Waals surface area contributed by atoms with Crippen molar-refractivity contribution in [1.29, 1.82) is 0 Å². The molecule has 138 valence electrons. The summed E-state index contributed by atoms with van der Waals surface area (Å²) >= 11 is 1.46. The van der Waals surface area contributed by atoms with Gasteiger partial charge in [-0.05, 0) is 48.9 Å². The van der Waals surface area contributed by atoms with Gasteiger partial charge in [-0.2, -0.15) is 0 Å². The smallest absolute Gasteiger partial charge is 0.263 e.